The maximum absolute atomic E-state index is 13.4. The first-order valence-corrected chi connectivity index (χ1v) is 6.64. The average Bonchev–Trinajstić information content (AvgIpc) is 2.92. The third-order valence-electron chi connectivity index (χ3n) is 1.95. The molecule has 1 N–H and O–H groups in total. The van der Waals surface area contributed by atoms with Crippen LogP contribution in [0, 0.1) is 5.82 Å². The van der Waals surface area contributed by atoms with E-state index >= 15 is 0 Å². The fourth-order valence-corrected chi connectivity index (χ4v) is 1.63. The van der Waals surface area contributed by atoms with Crippen LogP contribution >= 0.6 is 0 Å². The van der Waals surface area contributed by atoms with Gasteiger partial charge >= 0.3 is 0 Å². The number of anilines is 1. The van der Waals surface area contributed by atoms with Gasteiger partial charge in [0, 0.05) is 6.20 Å². The molecule has 0 amide bonds. The topological polar surface area (TPSA) is 68.3 Å². The van der Waals surface area contributed by atoms with Crippen molar-refractivity contribution in [2.75, 3.05) is 11.0 Å². The number of sulfonamides is 1. The van der Waals surface area contributed by atoms with Crippen LogP contribution < -0.4 is 9.46 Å². The molecule has 2 rings (SSSR count). The van der Waals surface area contributed by atoms with Gasteiger partial charge in [-0.3, -0.25) is 4.72 Å². The highest BCUT2D eigenvalue weighted by Crippen LogP contribution is 2.33. The van der Waals surface area contributed by atoms with Crippen molar-refractivity contribution in [3.63, 3.8) is 0 Å². The molecule has 1 aliphatic carbocycles. The van der Waals surface area contributed by atoms with Crippen LogP contribution in [0.1, 0.15) is 12.8 Å². The van der Waals surface area contributed by atoms with Gasteiger partial charge in [-0.05, 0) is 18.9 Å². The SMILES string of the molecule is CS(=O)(=O)Nc1nccc(F)c1OC1CC1. The summed E-state index contributed by atoms with van der Waals surface area (Å²) in [6, 6.07) is 1.13. The first kappa shape index (κ1) is 11.1. The summed E-state index contributed by atoms with van der Waals surface area (Å²) in [6.07, 6.45) is 3.83. The van der Waals surface area contributed by atoms with E-state index in [1.807, 2.05) is 0 Å². The molecule has 88 valence electrons. The Bertz CT molecular complexity index is 499. The molecule has 0 atom stereocenters. The van der Waals surface area contributed by atoms with E-state index in [9.17, 15) is 12.8 Å². The van der Waals surface area contributed by atoms with Crippen molar-refractivity contribution in [3.05, 3.63) is 18.1 Å². The molecular weight excluding hydrogens is 235 g/mol. The van der Waals surface area contributed by atoms with Crippen LogP contribution in [0.25, 0.3) is 0 Å². The number of nitrogens with zero attached hydrogens (tertiary/aromatic N) is 1. The van der Waals surface area contributed by atoms with Gasteiger partial charge in [0.05, 0.1) is 12.4 Å². The van der Waals surface area contributed by atoms with Crippen molar-refractivity contribution in [1.82, 2.24) is 4.98 Å². The van der Waals surface area contributed by atoms with E-state index in [4.69, 9.17) is 4.74 Å². The minimum atomic E-state index is -3.49. The van der Waals surface area contributed by atoms with Gasteiger partial charge in [0.1, 0.15) is 0 Å². The highest BCUT2D eigenvalue weighted by atomic mass is 32.2. The van der Waals surface area contributed by atoms with Crippen LogP contribution in [0.4, 0.5) is 10.2 Å². The van der Waals surface area contributed by atoms with E-state index in [1.54, 1.807) is 0 Å². The van der Waals surface area contributed by atoms with Gasteiger partial charge in [0.25, 0.3) is 0 Å². The zero-order valence-electron chi connectivity index (χ0n) is 8.60. The van der Waals surface area contributed by atoms with Gasteiger partial charge in [-0.25, -0.2) is 17.8 Å². The van der Waals surface area contributed by atoms with E-state index in [1.165, 1.54) is 6.20 Å². The Balaban J connectivity index is 2.31. The molecule has 1 aliphatic rings. The highest BCUT2D eigenvalue weighted by molar-refractivity contribution is 7.92. The standard InChI is InChI=1S/C9H11FN2O3S/c1-16(13,14)12-9-8(15-6-2-3-6)7(10)4-5-11-9/h4-6H,2-3H2,1H3,(H,11,12). The summed E-state index contributed by atoms with van der Waals surface area (Å²) in [4.78, 5) is 3.75. The van der Waals surface area contributed by atoms with E-state index in [2.05, 4.69) is 9.71 Å². The number of aromatic nitrogens is 1. The van der Waals surface area contributed by atoms with Crippen molar-refractivity contribution < 1.29 is 17.5 Å². The number of nitrogens with one attached hydrogen (secondary N) is 1. The number of hydrogen-bond donors (Lipinski definition) is 1. The molecule has 1 aromatic rings. The molecule has 1 aromatic heterocycles. The molecule has 0 aromatic carbocycles. The maximum Gasteiger partial charge on any atom is 0.231 e. The first-order valence-electron chi connectivity index (χ1n) is 4.74. The molecule has 1 fully saturated rings. The van der Waals surface area contributed by atoms with E-state index < -0.39 is 15.8 Å². The van der Waals surface area contributed by atoms with E-state index in [-0.39, 0.29) is 17.7 Å². The molecule has 1 saturated carbocycles. The van der Waals surface area contributed by atoms with Crippen LogP contribution in [0.2, 0.25) is 0 Å². The summed E-state index contributed by atoms with van der Waals surface area (Å²) in [5.41, 5.74) is 0. The van der Waals surface area contributed by atoms with Gasteiger partial charge in [-0.1, -0.05) is 0 Å². The summed E-state index contributed by atoms with van der Waals surface area (Å²) in [5.74, 6) is -0.849. The first-order chi connectivity index (χ1) is 7.46. The van der Waals surface area contributed by atoms with Gasteiger partial charge in [-0.2, -0.15) is 0 Å². The molecule has 16 heavy (non-hydrogen) atoms. The second kappa shape index (κ2) is 3.89. The Morgan fingerprint density at radius 3 is 2.81 bits per heavy atom. The monoisotopic (exact) mass is 246 g/mol. The summed E-state index contributed by atoms with van der Waals surface area (Å²) >= 11 is 0. The smallest absolute Gasteiger partial charge is 0.231 e. The average molecular weight is 246 g/mol. The van der Waals surface area contributed by atoms with Crippen LogP contribution in [-0.4, -0.2) is 25.8 Å². The minimum Gasteiger partial charge on any atom is -0.484 e. The molecule has 0 bridgehead atoms. The normalized spacial score (nSPS) is 15.9. The molecule has 1 heterocycles. The van der Waals surface area contributed by atoms with Gasteiger partial charge in [-0.15, -0.1) is 0 Å². The lowest BCUT2D eigenvalue weighted by molar-refractivity contribution is 0.288. The van der Waals surface area contributed by atoms with Crippen molar-refractivity contribution >= 4 is 15.8 Å². The zero-order chi connectivity index (χ0) is 11.8. The lowest BCUT2D eigenvalue weighted by atomic mass is 10.4. The molecule has 5 nitrogen and oxygen atoms in total. The Hall–Kier alpha value is -1.37. The summed E-state index contributed by atoms with van der Waals surface area (Å²) < 4.78 is 42.9. The molecule has 7 heteroatoms. The Morgan fingerprint density at radius 2 is 2.25 bits per heavy atom. The van der Waals surface area contributed by atoms with Crippen LogP contribution in [0.5, 0.6) is 5.75 Å². The quantitative estimate of drug-likeness (QED) is 0.864. The predicted octanol–water partition coefficient (Wildman–Crippen LogP) is 1.13. The highest BCUT2D eigenvalue weighted by Gasteiger charge is 2.27. The fourth-order valence-electron chi connectivity index (χ4n) is 1.14. The lowest BCUT2D eigenvalue weighted by Gasteiger charge is -2.10. The van der Waals surface area contributed by atoms with Crippen molar-refractivity contribution in [3.8, 4) is 5.75 Å². The Morgan fingerprint density at radius 1 is 1.56 bits per heavy atom. The second-order valence-electron chi connectivity index (χ2n) is 3.66. The summed E-state index contributed by atoms with van der Waals surface area (Å²) in [6.45, 7) is 0. The van der Waals surface area contributed by atoms with Gasteiger partial charge in [0.15, 0.2) is 17.4 Å². The molecular formula is C9H11FN2O3S. The third kappa shape index (κ3) is 2.82. The van der Waals surface area contributed by atoms with Crippen LogP contribution in [-0.2, 0) is 10.0 Å². The third-order valence-corrected chi connectivity index (χ3v) is 2.51. The number of hydrogen-bond acceptors (Lipinski definition) is 4. The molecule has 0 unspecified atom stereocenters. The lowest BCUT2D eigenvalue weighted by Crippen LogP contribution is -2.13. The molecule has 0 radical (unpaired) electrons. The van der Waals surface area contributed by atoms with Crippen molar-refractivity contribution in [1.29, 1.82) is 0 Å². The molecule has 0 aliphatic heterocycles. The van der Waals surface area contributed by atoms with Crippen molar-refractivity contribution in [2.24, 2.45) is 0 Å². The largest absolute Gasteiger partial charge is 0.484 e. The minimum absolute atomic E-state index is 0.0289. The predicted molar refractivity (Wildman–Crippen MR) is 56.3 cm³/mol. The van der Waals surface area contributed by atoms with Crippen LogP contribution in [0.15, 0.2) is 12.3 Å². The summed E-state index contributed by atoms with van der Waals surface area (Å²) in [7, 11) is -3.49. The number of halogens is 1. The second-order valence-corrected chi connectivity index (χ2v) is 5.41. The maximum atomic E-state index is 13.4. The Labute approximate surface area is 92.7 Å². The van der Waals surface area contributed by atoms with Crippen LogP contribution in [0.3, 0.4) is 0 Å². The Kier molecular flexibility index (Phi) is 2.71. The van der Waals surface area contributed by atoms with Crippen molar-refractivity contribution in [2.45, 2.75) is 18.9 Å². The van der Waals surface area contributed by atoms with Gasteiger partial charge in [0.2, 0.25) is 10.0 Å². The van der Waals surface area contributed by atoms with E-state index in [0.717, 1.165) is 25.2 Å². The number of ether oxygens (including phenoxy) is 1. The molecule has 0 spiro atoms. The fraction of sp³-hybridized carbons (Fsp3) is 0.444. The summed E-state index contributed by atoms with van der Waals surface area (Å²) in [5, 5.41) is 0. The number of rotatable bonds is 4. The van der Waals surface area contributed by atoms with Gasteiger partial charge < -0.3 is 4.74 Å². The molecule has 0 saturated heterocycles. The zero-order valence-corrected chi connectivity index (χ0v) is 9.42. The number of pyridine rings is 1. The van der Waals surface area contributed by atoms with E-state index in [0.29, 0.717) is 0 Å².